The minimum atomic E-state index is 0.226. The third kappa shape index (κ3) is 4.07. The summed E-state index contributed by atoms with van der Waals surface area (Å²) in [6.45, 7) is 12.3. The summed E-state index contributed by atoms with van der Waals surface area (Å²) in [6.07, 6.45) is 0. The first kappa shape index (κ1) is 11.9. The van der Waals surface area contributed by atoms with Gasteiger partial charge in [-0.2, -0.15) is 0 Å². The Hall–Kier alpha value is -0.0800. The second-order valence-corrected chi connectivity index (χ2v) is 4.93. The zero-order chi connectivity index (χ0) is 9.94. The standard InChI is InChI=1S/C10H24N2/c1-9(2)8-11(6)12(7)10(3,4)5/h9H,8H2,1-7H3. The maximum atomic E-state index is 2.28. The van der Waals surface area contributed by atoms with Gasteiger partial charge in [-0.15, -0.1) is 0 Å². The van der Waals surface area contributed by atoms with Crippen molar-refractivity contribution < 1.29 is 0 Å². The zero-order valence-electron chi connectivity index (χ0n) is 9.68. The Balaban J connectivity index is 4.01. The Morgan fingerprint density at radius 2 is 1.50 bits per heavy atom. The highest BCUT2D eigenvalue weighted by Crippen LogP contribution is 2.13. The molecule has 0 bridgehead atoms. The van der Waals surface area contributed by atoms with Crippen LogP contribution in [0.15, 0.2) is 0 Å². The fraction of sp³-hybridized carbons (Fsp3) is 1.00. The van der Waals surface area contributed by atoms with Gasteiger partial charge in [0.1, 0.15) is 0 Å². The van der Waals surface area contributed by atoms with Crippen LogP contribution in [0.25, 0.3) is 0 Å². The summed E-state index contributed by atoms with van der Waals surface area (Å²) in [6, 6.07) is 0. The molecule has 2 nitrogen and oxygen atoms in total. The molecular formula is C10H24N2. The minimum Gasteiger partial charge on any atom is -0.244 e. The molecule has 0 aromatic rings. The van der Waals surface area contributed by atoms with Gasteiger partial charge in [-0.3, -0.25) is 0 Å². The number of hydrazine groups is 1. The van der Waals surface area contributed by atoms with E-state index < -0.39 is 0 Å². The SMILES string of the molecule is CC(C)CN(C)N(C)C(C)(C)C. The van der Waals surface area contributed by atoms with Crippen LogP contribution in [-0.4, -0.2) is 36.2 Å². The van der Waals surface area contributed by atoms with Crippen LogP contribution >= 0.6 is 0 Å². The molecule has 0 aliphatic heterocycles. The Labute approximate surface area is 77.5 Å². The molecule has 2 heteroatoms. The van der Waals surface area contributed by atoms with Gasteiger partial charge in [0.15, 0.2) is 0 Å². The Kier molecular flexibility index (Phi) is 4.21. The molecule has 0 spiro atoms. The van der Waals surface area contributed by atoms with Crippen LogP contribution in [0.2, 0.25) is 0 Å². The van der Waals surface area contributed by atoms with Crippen molar-refractivity contribution in [3.63, 3.8) is 0 Å². The van der Waals surface area contributed by atoms with Gasteiger partial charge in [-0.1, -0.05) is 13.8 Å². The highest BCUT2D eigenvalue weighted by atomic mass is 15.6. The molecule has 0 heterocycles. The van der Waals surface area contributed by atoms with Gasteiger partial charge >= 0.3 is 0 Å². The second-order valence-electron chi connectivity index (χ2n) is 4.93. The molecule has 12 heavy (non-hydrogen) atoms. The summed E-state index contributed by atoms with van der Waals surface area (Å²) in [4.78, 5) is 0. The summed E-state index contributed by atoms with van der Waals surface area (Å²) < 4.78 is 0. The van der Waals surface area contributed by atoms with E-state index in [1.165, 1.54) is 0 Å². The monoisotopic (exact) mass is 172 g/mol. The largest absolute Gasteiger partial charge is 0.244 e. The molecule has 0 saturated carbocycles. The van der Waals surface area contributed by atoms with Crippen molar-refractivity contribution in [3.05, 3.63) is 0 Å². The molecule has 0 N–H and O–H groups in total. The van der Waals surface area contributed by atoms with Gasteiger partial charge < -0.3 is 0 Å². The summed E-state index contributed by atoms with van der Waals surface area (Å²) in [5.74, 6) is 0.722. The molecular weight excluding hydrogens is 148 g/mol. The predicted octanol–water partition coefficient (Wildman–Crippen LogP) is 2.22. The van der Waals surface area contributed by atoms with Crippen LogP contribution in [0.5, 0.6) is 0 Å². The topological polar surface area (TPSA) is 6.48 Å². The van der Waals surface area contributed by atoms with Crippen molar-refractivity contribution in [2.75, 3.05) is 20.6 Å². The van der Waals surface area contributed by atoms with Crippen molar-refractivity contribution >= 4 is 0 Å². The summed E-state index contributed by atoms with van der Waals surface area (Å²) in [5, 5.41) is 4.57. The zero-order valence-corrected chi connectivity index (χ0v) is 9.68. The van der Waals surface area contributed by atoms with Gasteiger partial charge in [0, 0.05) is 26.2 Å². The van der Waals surface area contributed by atoms with Crippen molar-refractivity contribution in [2.24, 2.45) is 5.92 Å². The van der Waals surface area contributed by atoms with Gasteiger partial charge in [-0.25, -0.2) is 10.0 Å². The first-order chi connectivity index (χ1) is 5.25. The van der Waals surface area contributed by atoms with Crippen molar-refractivity contribution in [1.82, 2.24) is 10.0 Å². The van der Waals surface area contributed by atoms with E-state index in [4.69, 9.17) is 0 Å². The smallest absolute Gasteiger partial charge is 0.0269 e. The Morgan fingerprint density at radius 1 is 1.08 bits per heavy atom. The number of hydrogen-bond acceptors (Lipinski definition) is 2. The van der Waals surface area contributed by atoms with Crippen molar-refractivity contribution in [1.29, 1.82) is 0 Å². The lowest BCUT2D eigenvalue weighted by atomic mass is 10.1. The molecule has 0 radical (unpaired) electrons. The maximum absolute atomic E-state index is 2.28. The van der Waals surface area contributed by atoms with Gasteiger partial charge in [0.2, 0.25) is 0 Å². The van der Waals surface area contributed by atoms with E-state index in [0.717, 1.165) is 12.5 Å². The first-order valence-corrected chi connectivity index (χ1v) is 4.70. The van der Waals surface area contributed by atoms with Gasteiger partial charge in [0.05, 0.1) is 0 Å². The molecule has 0 saturated heterocycles. The average Bonchev–Trinajstić information content (AvgIpc) is 1.82. The normalized spacial score (nSPS) is 13.5. The van der Waals surface area contributed by atoms with E-state index in [1.54, 1.807) is 0 Å². The predicted molar refractivity (Wildman–Crippen MR) is 55.0 cm³/mol. The van der Waals surface area contributed by atoms with E-state index in [9.17, 15) is 0 Å². The third-order valence-electron chi connectivity index (χ3n) is 2.11. The molecule has 0 rings (SSSR count). The van der Waals surface area contributed by atoms with E-state index in [2.05, 4.69) is 58.7 Å². The fourth-order valence-electron chi connectivity index (χ4n) is 1.16. The number of rotatable bonds is 3. The lowest BCUT2D eigenvalue weighted by molar-refractivity contribution is -0.0542. The van der Waals surface area contributed by atoms with Crippen molar-refractivity contribution in [3.8, 4) is 0 Å². The maximum Gasteiger partial charge on any atom is 0.0269 e. The molecule has 74 valence electrons. The molecule has 0 amide bonds. The highest BCUT2D eigenvalue weighted by molar-refractivity contribution is 4.70. The minimum absolute atomic E-state index is 0.226. The summed E-state index contributed by atoms with van der Waals surface area (Å²) in [5.41, 5.74) is 0.226. The van der Waals surface area contributed by atoms with Crippen molar-refractivity contribution in [2.45, 2.75) is 40.2 Å². The number of hydrogen-bond donors (Lipinski definition) is 0. The fourth-order valence-corrected chi connectivity index (χ4v) is 1.16. The lowest BCUT2D eigenvalue weighted by Crippen LogP contribution is -2.49. The van der Waals surface area contributed by atoms with Crippen LogP contribution < -0.4 is 0 Å². The summed E-state index contributed by atoms with van der Waals surface area (Å²) in [7, 11) is 4.29. The van der Waals surface area contributed by atoms with E-state index in [1.807, 2.05) is 0 Å². The molecule has 0 aromatic carbocycles. The number of nitrogens with zero attached hydrogens (tertiary/aromatic N) is 2. The molecule has 0 atom stereocenters. The van der Waals surface area contributed by atoms with Crippen LogP contribution in [0.3, 0.4) is 0 Å². The van der Waals surface area contributed by atoms with Crippen LogP contribution in [0, 0.1) is 5.92 Å². The highest BCUT2D eigenvalue weighted by Gasteiger charge is 2.20. The lowest BCUT2D eigenvalue weighted by Gasteiger charge is -2.39. The molecule has 0 fully saturated rings. The third-order valence-corrected chi connectivity index (χ3v) is 2.11. The van der Waals surface area contributed by atoms with Crippen LogP contribution in [-0.2, 0) is 0 Å². The molecule has 0 aliphatic carbocycles. The second kappa shape index (κ2) is 4.24. The van der Waals surface area contributed by atoms with Crippen LogP contribution in [0.4, 0.5) is 0 Å². The van der Waals surface area contributed by atoms with E-state index in [0.29, 0.717) is 0 Å². The van der Waals surface area contributed by atoms with E-state index >= 15 is 0 Å². The van der Waals surface area contributed by atoms with Crippen LogP contribution in [0.1, 0.15) is 34.6 Å². The van der Waals surface area contributed by atoms with E-state index in [-0.39, 0.29) is 5.54 Å². The molecule has 0 unspecified atom stereocenters. The Morgan fingerprint density at radius 3 is 1.75 bits per heavy atom. The summed E-state index contributed by atoms with van der Waals surface area (Å²) >= 11 is 0. The van der Waals surface area contributed by atoms with Gasteiger partial charge in [-0.05, 0) is 26.7 Å². The first-order valence-electron chi connectivity index (χ1n) is 4.70. The van der Waals surface area contributed by atoms with Gasteiger partial charge in [0.25, 0.3) is 0 Å². The Bertz CT molecular complexity index is 124. The molecule has 0 aliphatic rings. The quantitative estimate of drug-likeness (QED) is 0.602. The molecule has 0 aromatic heterocycles. The average molecular weight is 172 g/mol.